The van der Waals surface area contributed by atoms with Crippen molar-refractivity contribution >= 4 is 11.6 Å². The monoisotopic (exact) mass is 439 g/mol. The van der Waals surface area contributed by atoms with E-state index >= 15 is 0 Å². The van der Waals surface area contributed by atoms with Crippen LogP contribution in [0.25, 0.3) is 0 Å². The van der Waals surface area contributed by atoms with E-state index < -0.39 is 0 Å². The Kier molecular flexibility index (Phi) is 6.74. The minimum Gasteiger partial charge on any atom is -0.497 e. The van der Waals surface area contributed by atoms with Gasteiger partial charge in [-0.25, -0.2) is 9.40 Å². The number of rotatable bonds is 6. The van der Waals surface area contributed by atoms with Crippen LogP contribution in [0.5, 0.6) is 11.5 Å². The van der Waals surface area contributed by atoms with Crippen LogP contribution in [-0.2, 0) is 4.79 Å². The summed E-state index contributed by atoms with van der Waals surface area (Å²) in [5.41, 5.74) is 2.22. The summed E-state index contributed by atoms with van der Waals surface area (Å²) < 4.78 is 24.8. The smallest absolute Gasteiger partial charge is 0.257 e. The molecule has 0 bridgehead atoms. The van der Waals surface area contributed by atoms with Gasteiger partial charge in [0.1, 0.15) is 17.3 Å². The second-order valence-corrected chi connectivity index (χ2v) is 8.58. The van der Waals surface area contributed by atoms with Gasteiger partial charge in [-0.15, -0.1) is 0 Å². The Hall–Kier alpha value is -2.93. The maximum atomic E-state index is 13.9. The van der Waals surface area contributed by atoms with Crippen LogP contribution in [0.4, 0.5) is 4.39 Å². The van der Waals surface area contributed by atoms with Crippen LogP contribution in [0.15, 0.2) is 47.6 Å². The van der Waals surface area contributed by atoms with Crippen LogP contribution < -0.4 is 9.47 Å². The first kappa shape index (κ1) is 22.3. The van der Waals surface area contributed by atoms with Crippen molar-refractivity contribution < 1.29 is 18.7 Å². The largest absolute Gasteiger partial charge is 0.497 e. The molecule has 1 fully saturated rings. The highest BCUT2D eigenvalue weighted by atomic mass is 19.1. The molecule has 2 aliphatic rings. The first-order valence-corrected chi connectivity index (χ1v) is 11.1. The van der Waals surface area contributed by atoms with E-state index in [1.807, 2.05) is 24.3 Å². The quantitative estimate of drug-likeness (QED) is 0.675. The molecular formula is C25H30FN3O3. The Morgan fingerprint density at radius 1 is 1.12 bits per heavy atom. The predicted octanol–water partition coefficient (Wildman–Crippen LogP) is 4.25. The van der Waals surface area contributed by atoms with Gasteiger partial charge < -0.3 is 9.47 Å². The van der Waals surface area contributed by atoms with Gasteiger partial charge in [0.15, 0.2) is 0 Å². The lowest BCUT2D eigenvalue weighted by atomic mass is 9.97. The van der Waals surface area contributed by atoms with E-state index in [1.165, 1.54) is 12.1 Å². The second kappa shape index (κ2) is 9.69. The van der Waals surface area contributed by atoms with Crippen LogP contribution in [0.2, 0.25) is 0 Å². The van der Waals surface area contributed by atoms with Gasteiger partial charge in [0.25, 0.3) is 5.91 Å². The fraction of sp³-hybridized carbons (Fsp3) is 0.440. The molecule has 2 heterocycles. The number of carbonyl (C=O) groups is 1. The van der Waals surface area contributed by atoms with Crippen molar-refractivity contribution in [2.75, 3.05) is 33.9 Å². The minimum atomic E-state index is -0.328. The molecule has 4 rings (SSSR count). The molecule has 1 atom stereocenters. The number of hydrazone groups is 1. The number of likely N-dealkylation sites (tertiary alicyclic amines) is 1. The highest BCUT2D eigenvalue weighted by Gasteiger charge is 2.36. The van der Waals surface area contributed by atoms with Crippen molar-refractivity contribution in [1.29, 1.82) is 0 Å². The molecule has 7 heteroatoms. The predicted molar refractivity (Wildman–Crippen MR) is 122 cm³/mol. The first-order valence-electron chi connectivity index (χ1n) is 11.1. The molecule has 0 aromatic heterocycles. The topological polar surface area (TPSA) is 54.4 Å². The normalized spacial score (nSPS) is 19.7. The summed E-state index contributed by atoms with van der Waals surface area (Å²) in [5, 5.41) is 6.23. The van der Waals surface area contributed by atoms with Crippen LogP contribution in [0.1, 0.15) is 43.4 Å². The van der Waals surface area contributed by atoms with E-state index in [1.54, 1.807) is 25.3 Å². The lowest BCUT2D eigenvalue weighted by Crippen LogP contribution is -2.41. The molecule has 32 heavy (non-hydrogen) atoms. The Labute approximate surface area is 188 Å². The van der Waals surface area contributed by atoms with E-state index in [9.17, 15) is 9.18 Å². The summed E-state index contributed by atoms with van der Waals surface area (Å²) in [6.45, 7) is 4.40. The highest BCUT2D eigenvalue weighted by Crippen LogP contribution is 2.39. The number of benzene rings is 2. The summed E-state index contributed by atoms with van der Waals surface area (Å²) in [7, 11) is 3.20. The molecule has 2 aromatic carbocycles. The van der Waals surface area contributed by atoms with Crippen molar-refractivity contribution in [2.45, 2.75) is 32.2 Å². The van der Waals surface area contributed by atoms with E-state index in [0.29, 0.717) is 41.7 Å². The SMILES string of the molecule is COc1ccc([C@H]2CC(c3cccc(F)c3)=NN2C(=O)CN2CCC(C)CC2)c(OC)c1. The maximum Gasteiger partial charge on any atom is 0.257 e. The molecule has 170 valence electrons. The number of piperidine rings is 1. The number of hydrogen-bond acceptors (Lipinski definition) is 5. The molecular weight excluding hydrogens is 409 g/mol. The van der Waals surface area contributed by atoms with Crippen LogP contribution in [0.3, 0.4) is 0 Å². The van der Waals surface area contributed by atoms with Crippen molar-refractivity contribution in [3.8, 4) is 11.5 Å². The summed E-state index contributed by atoms with van der Waals surface area (Å²) in [6, 6.07) is 11.6. The number of ether oxygens (including phenoxy) is 2. The van der Waals surface area contributed by atoms with E-state index in [2.05, 4.69) is 16.9 Å². The number of halogens is 1. The average molecular weight is 440 g/mol. The van der Waals surface area contributed by atoms with Crippen LogP contribution in [-0.4, -0.2) is 55.4 Å². The van der Waals surface area contributed by atoms with E-state index in [4.69, 9.17) is 9.47 Å². The first-order chi connectivity index (χ1) is 15.5. The zero-order valence-corrected chi connectivity index (χ0v) is 18.9. The number of hydrogen-bond donors (Lipinski definition) is 0. The molecule has 0 unspecified atom stereocenters. The van der Waals surface area contributed by atoms with Crippen LogP contribution >= 0.6 is 0 Å². The molecule has 2 aromatic rings. The average Bonchev–Trinajstić information content (AvgIpc) is 3.25. The minimum absolute atomic E-state index is 0.0613. The molecule has 0 saturated carbocycles. The third-order valence-electron chi connectivity index (χ3n) is 6.36. The lowest BCUT2D eigenvalue weighted by molar-refractivity contribution is -0.134. The van der Waals surface area contributed by atoms with Crippen molar-refractivity contribution in [1.82, 2.24) is 9.91 Å². The molecule has 0 N–H and O–H groups in total. The van der Waals surface area contributed by atoms with Gasteiger partial charge in [0.05, 0.1) is 32.5 Å². The standard InChI is InChI=1S/C25H30FN3O3/c1-17-9-11-28(12-10-17)16-25(30)29-23(21-8-7-20(31-2)14-24(21)32-3)15-22(27-29)18-5-4-6-19(26)13-18/h4-8,13-14,17,23H,9-12,15-16H2,1-3H3/t23-/m1/s1. The summed E-state index contributed by atoms with van der Waals surface area (Å²) >= 11 is 0. The number of methoxy groups -OCH3 is 2. The Morgan fingerprint density at radius 2 is 1.91 bits per heavy atom. The highest BCUT2D eigenvalue weighted by molar-refractivity contribution is 6.03. The fourth-order valence-electron chi connectivity index (χ4n) is 4.40. The summed E-state index contributed by atoms with van der Waals surface area (Å²) in [4.78, 5) is 15.6. The zero-order chi connectivity index (χ0) is 22.7. The third kappa shape index (κ3) is 4.78. The van der Waals surface area contributed by atoms with Gasteiger partial charge in [-0.3, -0.25) is 9.69 Å². The molecule has 0 aliphatic carbocycles. The Morgan fingerprint density at radius 3 is 2.59 bits per heavy atom. The Bertz CT molecular complexity index is 1000. The van der Waals surface area contributed by atoms with Crippen LogP contribution in [0, 0.1) is 11.7 Å². The van der Waals surface area contributed by atoms with Gasteiger partial charge in [-0.05, 0) is 56.1 Å². The molecule has 0 spiro atoms. The second-order valence-electron chi connectivity index (χ2n) is 8.58. The summed E-state index contributed by atoms with van der Waals surface area (Å²) in [6.07, 6.45) is 2.68. The summed E-state index contributed by atoms with van der Waals surface area (Å²) in [5.74, 6) is 1.62. The number of nitrogens with zero attached hydrogens (tertiary/aromatic N) is 3. The Balaban J connectivity index is 1.64. The van der Waals surface area contributed by atoms with Gasteiger partial charge in [-0.1, -0.05) is 19.1 Å². The third-order valence-corrected chi connectivity index (χ3v) is 6.36. The van der Waals surface area contributed by atoms with E-state index in [0.717, 1.165) is 31.5 Å². The zero-order valence-electron chi connectivity index (χ0n) is 18.9. The maximum absolute atomic E-state index is 13.9. The van der Waals surface area contributed by atoms with Gasteiger partial charge in [0.2, 0.25) is 0 Å². The molecule has 6 nitrogen and oxygen atoms in total. The molecule has 1 amide bonds. The lowest BCUT2D eigenvalue weighted by Gasteiger charge is -2.31. The van der Waals surface area contributed by atoms with E-state index in [-0.39, 0.29) is 17.8 Å². The molecule has 2 aliphatic heterocycles. The van der Waals surface area contributed by atoms with Gasteiger partial charge in [0, 0.05) is 23.6 Å². The van der Waals surface area contributed by atoms with Crippen molar-refractivity contribution in [3.63, 3.8) is 0 Å². The van der Waals surface area contributed by atoms with Crippen molar-refractivity contribution in [3.05, 3.63) is 59.4 Å². The number of amides is 1. The van der Waals surface area contributed by atoms with Gasteiger partial charge in [-0.2, -0.15) is 5.10 Å². The number of carbonyl (C=O) groups excluding carboxylic acids is 1. The molecule has 1 saturated heterocycles. The van der Waals surface area contributed by atoms with Crippen molar-refractivity contribution in [2.24, 2.45) is 11.0 Å². The molecule has 0 radical (unpaired) electrons. The van der Waals surface area contributed by atoms with Gasteiger partial charge >= 0.3 is 0 Å². The fourth-order valence-corrected chi connectivity index (χ4v) is 4.40.